The van der Waals surface area contributed by atoms with Gasteiger partial charge in [-0.2, -0.15) is 0 Å². The summed E-state index contributed by atoms with van der Waals surface area (Å²) in [6.07, 6.45) is 1.78. The van der Waals surface area contributed by atoms with Crippen LogP contribution in [0, 0.1) is 0 Å². The first-order valence-electron chi connectivity index (χ1n) is 4.62. The molecule has 0 unspecified atom stereocenters. The zero-order valence-electron chi connectivity index (χ0n) is 8.40. The van der Waals surface area contributed by atoms with Gasteiger partial charge in [-0.3, -0.25) is 4.79 Å². The number of nitrogens with two attached hydrogens (primary N) is 2. The molecule has 6 heteroatoms. The molecule has 0 aliphatic carbocycles. The molecule has 1 heterocycles. The molecule has 1 aromatic rings. The third-order valence-corrected chi connectivity index (χ3v) is 2.25. The predicted molar refractivity (Wildman–Crippen MR) is 52.6 cm³/mol. The average molecular weight is 197 g/mol. The van der Waals surface area contributed by atoms with E-state index < -0.39 is 5.91 Å². The van der Waals surface area contributed by atoms with E-state index in [-0.39, 0.29) is 17.6 Å². The van der Waals surface area contributed by atoms with Crippen LogP contribution in [0.4, 0.5) is 5.82 Å². The van der Waals surface area contributed by atoms with Gasteiger partial charge in [0.2, 0.25) is 0 Å². The normalized spacial score (nSPS) is 10.8. The lowest BCUT2D eigenvalue weighted by Crippen LogP contribution is -2.16. The summed E-state index contributed by atoms with van der Waals surface area (Å²) in [5.74, 6) is -0.383. The van der Waals surface area contributed by atoms with Crippen molar-refractivity contribution in [1.29, 1.82) is 0 Å². The van der Waals surface area contributed by atoms with Gasteiger partial charge in [0.15, 0.2) is 11.5 Å². The van der Waals surface area contributed by atoms with Gasteiger partial charge in [-0.25, -0.2) is 4.68 Å². The van der Waals surface area contributed by atoms with Gasteiger partial charge in [0.1, 0.15) is 0 Å². The SMILES string of the molecule is CCC(CC)n1nnc(C(N)=O)c1N. The molecule has 0 atom stereocenters. The molecule has 6 nitrogen and oxygen atoms in total. The number of carbonyl (C=O) groups is 1. The van der Waals surface area contributed by atoms with Crippen LogP contribution in [-0.4, -0.2) is 20.9 Å². The molecular formula is C8H15N5O. The Hall–Kier alpha value is -1.59. The summed E-state index contributed by atoms with van der Waals surface area (Å²) < 4.78 is 1.56. The van der Waals surface area contributed by atoms with Crippen molar-refractivity contribution >= 4 is 11.7 Å². The molecule has 0 saturated heterocycles. The number of carbonyl (C=O) groups excluding carboxylic acids is 1. The molecule has 1 amide bonds. The molecule has 1 aromatic heterocycles. The van der Waals surface area contributed by atoms with E-state index in [9.17, 15) is 4.79 Å². The van der Waals surface area contributed by atoms with Gasteiger partial charge < -0.3 is 11.5 Å². The molecule has 0 saturated carbocycles. The van der Waals surface area contributed by atoms with Crippen molar-refractivity contribution in [3.63, 3.8) is 0 Å². The van der Waals surface area contributed by atoms with Crippen LogP contribution in [0.2, 0.25) is 0 Å². The highest BCUT2D eigenvalue weighted by atomic mass is 16.1. The van der Waals surface area contributed by atoms with E-state index in [0.717, 1.165) is 12.8 Å². The van der Waals surface area contributed by atoms with Gasteiger partial charge in [0.05, 0.1) is 6.04 Å². The molecule has 0 aliphatic rings. The standard InChI is InChI=1S/C8H15N5O/c1-3-5(4-2)13-7(9)6(8(10)14)11-12-13/h5H,3-4,9H2,1-2H3,(H2,10,14). The van der Waals surface area contributed by atoms with Crippen molar-refractivity contribution in [3.05, 3.63) is 5.69 Å². The summed E-state index contributed by atoms with van der Waals surface area (Å²) in [4.78, 5) is 10.9. The number of aromatic nitrogens is 3. The average Bonchev–Trinajstić information content (AvgIpc) is 2.51. The van der Waals surface area contributed by atoms with Crippen molar-refractivity contribution in [3.8, 4) is 0 Å². The molecule has 0 aromatic carbocycles. The number of primary amides is 1. The lowest BCUT2D eigenvalue weighted by Gasteiger charge is -2.13. The van der Waals surface area contributed by atoms with E-state index in [2.05, 4.69) is 10.3 Å². The number of nitrogen functional groups attached to an aromatic ring is 1. The van der Waals surface area contributed by atoms with Crippen molar-refractivity contribution in [2.45, 2.75) is 32.7 Å². The lowest BCUT2D eigenvalue weighted by atomic mass is 10.2. The van der Waals surface area contributed by atoms with Gasteiger partial charge in [-0.15, -0.1) is 5.10 Å². The maximum atomic E-state index is 10.9. The minimum absolute atomic E-state index is 0.0527. The summed E-state index contributed by atoms with van der Waals surface area (Å²) in [5, 5.41) is 7.47. The fourth-order valence-corrected chi connectivity index (χ4v) is 1.38. The minimum Gasteiger partial charge on any atom is -0.382 e. The minimum atomic E-state index is -0.639. The fourth-order valence-electron chi connectivity index (χ4n) is 1.38. The molecule has 0 spiro atoms. The lowest BCUT2D eigenvalue weighted by molar-refractivity contribution is 0.0996. The van der Waals surface area contributed by atoms with Crippen molar-refractivity contribution in [2.75, 3.05) is 5.73 Å². The summed E-state index contributed by atoms with van der Waals surface area (Å²) >= 11 is 0. The summed E-state index contributed by atoms with van der Waals surface area (Å²) in [6.45, 7) is 4.05. The van der Waals surface area contributed by atoms with Gasteiger partial charge in [-0.05, 0) is 12.8 Å². The maximum absolute atomic E-state index is 10.9. The Kier molecular flexibility index (Phi) is 3.06. The zero-order chi connectivity index (χ0) is 10.7. The summed E-state index contributed by atoms with van der Waals surface area (Å²) in [5.41, 5.74) is 10.8. The zero-order valence-corrected chi connectivity index (χ0v) is 8.40. The molecule has 0 fully saturated rings. The van der Waals surface area contributed by atoms with E-state index in [0.29, 0.717) is 0 Å². The van der Waals surface area contributed by atoms with E-state index in [1.54, 1.807) is 4.68 Å². The maximum Gasteiger partial charge on any atom is 0.273 e. The van der Waals surface area contributed by atoms with Crippen molar-refractivity contribution in [1.82, 2.24) is 15.0 Å². The number of hydrogen-bond acceptors (Lipinski definition) is 4. The number of anilines is 1. The number of hydrogen-bond donors (Lipinski definition) is 2. The van der Waals surface area contributed by atoms with Crippen LogP contribution in [0.5, 0.6) is 0 Å². The Bertz CT molecular complexity index is 328. The molecular weight excluding hydrogens is 182 g/mol. The Morgan fingerprint density at radius 3 is 2.43 bits per heavy atom. The van der Waals surface area contributed by atoms with Gasteiger partial charge in [0, 0.05) is 0 Å². The van der Waals surface area contributed by atoms with Crippen molar-refractivity contribution in [2.24, 2.45) is 5.73 Å². The Morgan fingerprint density at radius 2 is 2.07 bits per heavy atom. The van der Waals surface area contributed by atoms with Crippen LogP contribution >= 0.6 is 0 Å². The van der Waals surface area contributed by atoms with Crippen molar-refractivity contribution < 1.29 is 4.79 Å². The fraction of sp³-hybridized carbons (Fsp3) is 0.625. The summed E-state index contributed by atoms with van der Waals surface area (Å²) in [6, 6.07) is 0.176. The number of rotatable bonds is 4. The van der Waals surface area contributed by atoms with Crippen LogP contribution in [0.25, 0.3) is 0 Å². The largest absolute Gasteiger partial charge is 0.382 e. The van der Waals surface area contributed by atoms with Crippen LogP contribution in [0.15, 0.2) is 0 Å². The first-order chi connectivity index (χ1) is 6.61. The molecule has 0 bridgehead atoms. The topological polar surface area (TPSA) is 99.8 Å². The van der Waals surface area contributed by atoms with Gasteiger partial charge >= 0.3 is 0 Å². The van der Waals surface area contributed by atoms with Crippen LogP contribution in [-0.2, 0) is 0 Å². The van der Waals surface area contributed by atoms with Crippen LogP contribution < -0.4 is 11.5 Å². The summed E-state index contributed by atoms with van der Waals surface area (Å²) in [7, 11) is 0. The molecule has 0 radical (unpaired) electrons. The molecule has 78 valence electrons. The van der Waals surface area contributed by atoms with E-state index in [1.165, 1.54) is 0 Å². The van der Waals surface area contributed by atoms with E-state index in [1.807, 2.05) is 13.8 Å². The van der Waals surface area contributed by atoms with E-state index >= 15 is 0 Å². The second-order valence-corrected chi connectivity index (χ2v) is 3.10. The molecule has 1 rings (SSSR count). The Labute approximate surface area is 82.3 Å². The molecule has 4 N–H and O–H groups in total. The van der Waals surface area contributed by atoms with Crippen LogP contribution in [0.3, 0.4) is 0 Å². The quantitative estimate of drug-likeness (QED) is 0.725. The number of amides is 1. The third-order valence-electron chi connectivity index (χ3n) is 2.25. The second kappa shape index (κ2) is 4.08. The number of nitrogens with zero attached hydrogens (tertiary/aromatic N) is 3. The molecule has 14 heavy (non-hydrogen) atoms. The van der Waals surface area contributed by atoms with Gasteiger partial charge in [-0.1, -0.05) is 19.1 Å². The first kappa shape index (κ1) is 10.5. The molecule has 0 aliphatic heterocycles. The predicted octanol–water partition coefficient (Wildman–Crippen LogP) is 0.320. The third kappa shape index (κ3) is 1.68. The Morgan fingerprint density at radius 1 is 1.50 bits per heavy atom. The highest BCUT2D eigenvalue weighted by molar-refractivity contribution is 5.94. The highest BCUT2D eigenvalue weighted by Crippen LogP contribution is 2.19. The second-order valence-electron chi connectivity index (χ2n) is 3.10. The first-order valence-corrected chi connectivity index (χ1v) is 4.62. The highest BCUT2D eigenvalue weighted by Gasteiger charge is 2.18. The van der Waals surface area contributed by atoms with E-state index in [4.69, 9.17) is 11.5 Å². The van der Waals surface area contributed by atoms with Gasteiger partial charge in [0.25, 0.3) is 5.91 Å². The Balaban J connectivity index is 3.05. The van der Waals surface area contributed by atoms with Crippen LogP contribution in [0.1, 0.15) is 43.2 Å². The smallest absolute Gasteiger partial charge is 0.273 e. The monoisotopic (exact) mass is 197 g/mol.